The number of nitrogens with zero attached hydrogens (tertiary/aromatic N) is 2. The normalized spacial score (nSPS) is 11.6. The van der Waals surface area contributed by atoms with Gasteiger partial charge in [-0.2, -0.15) is 0 Å². The van der Waals surface area contributed by atoms with Crippen LogP contribution in [0.1, 0.15) is 0 Å². The highest BCUT2D eigenvalue weighted by molar-refractivity contribution is 7.92. The molecule has 1 N–H and O–H groups in total. The lowest BCUT2D eigenvalue weighted by atomic mass is 10.1. The topological polar surface area (TPSA) is 72.7 Å². The van der Waals surface area contributed by atoms with E-state index in [4.69, 9.17) is 4.74 Å². The number of hydrogen-bond acceptors (Lipinski definition) is 5. The number of sulfonamides is 1. The highest BCUT2D eigenvalue weighted by Gasteiger charge is 2.16. The third-order valence-electron chi connectivity index (χ3n) is 4.00. The maximum Gasteiger partial charge on any atom is 0.236 e. The van der Waals surface area contributed by atoms with Gasteiger partial charge in [0, 0.05) is 23.3 Å². The molecule has 0 atom stereocenters. The lowest BCUT2D eigenvalue weighted by Gasteiger charge is -2.12. The van der Waals surface area contributed by atoms with Gasteiger partial charge in [0.2, 0.25) is 10.0 Å². The minimum atomic E-state index is -3.64. The summed E-state index contributed by atoms with van der Waals surface area (Å²) in [6.45, 7) is -0.0522. The van der Waals surface area contributed by atoms with Crippen molar-refractivity contribution in [1.29, 1.82) is 0 Å². The zero-order valence-corrected chi connectivity index (χ0v) is 16.2. The van der Waals surface area contributed by atoms with Gasteiger partial charge in [0.05, 0.1) is 11.4 Å². The third-order valence-corrected chi connectivity index (χ3v) is 6.00. The number of thiazole rings is 1. The van der Waals surface area contributed by atoms with Crippen molar-refractivity contribution in [3.63, 3.8) is 0 Å². The summed E-state index contributed by atoms with van der Waals surface area (Å²) in [6, 6.07) is 12.5. The predicted molar refractivity (Wildman–Crippen MR) is 108 cm³/mol. The smallest absolute Gasteiger partial charge is 0.236 e. The summed E-state index contributed by atoms with van der Waals surface area (Å²) in [7, 11) is -3.64. The number of nitrogens with one attached hydrogen (secondary N) is 1. The van der Waals surface area contributed by atoms with E-state index in [1.807, 2.05) is 34.3 Å². The number of aromatic nitrogens is 2. The molecule has 6 nitrogen and oxygen atoms in total. The standard InChI is InChI=1S/C19H16FN3O3S2/c20-14-5-7-15(8-6-14)26-10-12-28(24,25)22-17-4-2-1-3-16(17)18-13-23-9-11-27-19(23)21-18/h1-9,11,13,22H,10,12H2. The first-order valence-electron chi connectivity index (χ1n) is 8.41. The van der Waals surface area contributed by atoms with E-state index < -0.39 is 10.0 Å². The van der Waals surface area contributed by atoms with Crippen LogP contribution in [0.25, 0.3) is 16.2 Å². The van der Waals surface area contributed by atoms with Crippen LogP contribution in [-0.2, 0) is 10.0 Å². The fraction of sp³-hybridized carbons (Fsp3) is 0.105. The van der Waals surface area contributed by atoms with Gasteiger partial charge in [0.15, 0.2) is 4.96 Å². The molecule has 2 aromatic carbocycles. The van der Waals surface area contributed by atoms with Gasteiger partial charge in [-0.25, -0.2) is 17.8 Å². The van der Waals surface area contributed by atoms with E-state index in [-0.39, 0.29) is 18.2 Å². The SMILES string of the molecule is O=S(=O)(CCOc1ccc(F)cc1)Nc1ccccc1-c1cn2ccsc2n1. The Labute approximate surface area is 165 Å². The molecule has 2 aromatic heterocycles. The fourth-order valence-electron chi connectivity index (χ4n) is 2.67. The summed E-state index contributed by atoms with van der Waals surface area (Å²) in [5, 5.41) is 1.93. The summed E-state index contributed by atoms with van der Waals surface area (Å²) < 4.78 is 47.7. The van der Waals surface area contributed by atoms with Gasteiger partial charge in [0.25, 0.3) is 0 Å². The molecule has 0 aliphatic rings. The second-order valence-corrected chi connectivity index (χ2v) is 8.70. The minimum Gasteiger partial charge on any atom is -0.492 e. The van der Waals surface area contributed by atoms with Crippen molar-refractivity contribution >= 4 is 32.0 Å². The highest BCUT2D eigenvalue weighted by atomic mass is 32.2. The Balaban J connectivity index is 1.47. The minimum absolute atomic E-state index is 0.0522. The number of para-hydroxylation sites is 1. The van der Waals surface area contributed by atoms with Crippen molar-refractivity contribution in [2.45, 2.75) is 0 Å². The summed E-state index contributed by atoms with van der Waals surface area (Å²) in [6.07, 6.45) is 3.76. The van der Waals surface area contributed by atoms with Crippen LogP contribution >= 0.6 is 11.3 Å². The van der Waals surface area contributed by atoms with Crippen molar-refractivity contribution < 1.29 is 17.5 Å². The van der Waals surface area contributed by atoms with E-state index in [0.29, 0.717) is 22.7 Å². The molecule has 0 unspecified atom stereocenters. The molecule has 144 valence electrons. The van der Waals surface area contributed by atoms with E-state index >= 15 is 0 Å². The van der Waals surface area contributed by atoms with Gasteiger partial charge >= 0.3 is 0 Å². The zero-order chi connectivity index (χ0) is 19.6. The van der Waals surface area contributed by atoms with Gasteiger partial charge in [0.1, 0.15) is 23.9 Å². The van der Waals surface area contributed by atoms with Crippen LogP contribution in [0.3, 0.4) is 0 Å². The molecule has 0 saturated heterocycles. The van der Waals surface area contributed by atoms with Crippen LogP contribution in [0.2, 0.25) is 0 Å². The van der Waals surface area contributed by atoms with Crippen LogP contribution in [0, 0.1) is 5.82 Å². The summed E-state index contributed by atoms with van der Waals surface area (Å²) in [4.78, 5) is 5.37. The second-order valence-electron chi connectivity index (χ2n) is 5.99. The maximum atomic E-state index is 12.9. The first-order chi connectivity index (χ1) is 13.5. The number of fused-ring (bicyclic) bond motifs is 1. The van der Waals surface area contributed by atoms with Crippen molar-refractivity contribution in [1.82, 2.24) is 9.38 Å². The summed E-state index contributed by atoms with van der Waals surface area (Å²) in [5.41, 5.74) is 1.84. The number of rotatable bonds is 7. The Morgan fingerprint density at radius 2 is 1.93 bits per heavy atom. The van der Waals surface area contributed by atoms with Crippen molar-refractivity contribution in [2.24, 2.45) is 0 Å². The van der Waals surface area contributed by atoms with Crippen LogP contribution < -0.4 is 9.46 Å². The zero-order valence-electron chi connectivity index (χ0n) is 14.6. The average Bonchev–Trinajstić information content (AvgIpc) is 3.25. The molecule has 0 saturated carbocycles. The largest absolute Gasteiger partial charge is 0.492 e. The number of halogens is 1. The molecule has 0 aliphatic carbocycles. The summed E-state index contributed by atoms with van der Waals surface area (Å²) in [5.74, 6) is -0.204. The average molecular weight is 417 g/mol. The van der Waals surface area contributed by atoms with Crippen molar-refractivity contribution in [2.75, 3.05) is 17.1 Å². The molecule has 0 spiro atoms. The monoisotopic (exact) mass is 417 g/mol. The predicted octanol–water partition coefficient (Wildman–Crippen LogP) is 4.02. The molecular weight excluding hydrogens is 401 g/mol. The second kappa shape index (κ2) is 7.61. The number of benzene rings is 2. The molecule has 2 heterocycles. The molecule has 9 heteroatoms. The van der Waals surface area contributed by atoms with Crippen molar-refractivity contribution in [3.8, 4) is 17.0 Å². The van der Waals surface area contributed by atoms with E-state index in [1.165, 1.54) is 35.6 Å². The van der Waals surface area contributed by atoms with Crippen LogP contribution in [0.5, 0.6) is 5.75 Å². The number of anilines is 1. The molecular formula is C19H16FN3O3S2. The van der Waals surface area contributed by atoms with Crippen molar-refractivity contribution in [3.05, 3.63) is 72.1 Å². The Hall–Kier alpha value is -2.91. The Kier molecular flexibility index (Phi) is 5.01. The van der Waals surface area contributed by atoms with Gasteiger partial charge in [-0.05, 0) is 30.3 Å². The molecule has 0 fully saturated rings. The molecule has 28 heavy (non-hydrogen) atoms. The fourth-order valence-corrected chi connectivity index (χ4v) is 4.29. The number of imidazole rings is 1. The molecule has 0 aliphatic heterocycles. The quantitative estimate of drug-likeness (QED) is 0.493. The Morgan fingerprint density at radius 3 is 2.71 bits per heavy atom. The molecule has 0 bridgehead atoms. The van der Waals surface area contributed by atoms with Gasteiger partial charge in [-0.1, -0.05) is 18.2 Å². The Morgan fingerprint density at radius 1 is 1.14 bits per heavy atom. The molecule has 4 aromatic rings. The third kappa shape index (κ3) is 4.15. The molecule has 4 rings (SSSR count). The lowest BCUT2D eigenvalue weighted by molar-refractivity contribution is 0.340. The van der Waals surface area contributed by atoms with Gasteiger partial charge in [-0.15, -0.1) is 11.3 Å². The number of hydrogen-bond donors (Lipinski definition) is 1. The van der Waals surface area contributed by atoms with E-state index in [2.05, 4.69) is 9.71 Å². The van der Waals surface area contributed by atoms with Crippen LogP contribution in [-0.4, -0.2) is 30.2 Å². The number of ether oxygens (including phenoxy) is 1. The lowest BCUT2D eigenvalue weighted by Crippen LogP contribution is -2.21. The van der Waals surface area contributed by atoms with Crippen LogP contribution in [0.4, 0.5) is 10.1 Å². The molecule has 0 radical (unpaired) electrons. The van der Waals surface area contributed by atoms with E-state index in [0.717, 1.165) is 4.96 Å². The molecule has 0 amide bonds. The van der Waals surface area contributed by atoms with Gasteiger partial charge < -0.3 is 4.74 Å². The van der Waals surface area contributed by atoms with Gasteiger partial charge in [-0.3, -0.25) is 9.12 Å². The Bertz CT molecular complexity index is 1170. The maximum absolute atomic E-state index is 12.9. The van der Waals surface area contributed by atoms with E-state index in [1.54, 1.807) is 12.1 Å². The summed E-state index contributed by atoms with van der Waals surface area (Å²) >= 11 is 1.50. The first-order valence-corrected chi connectivity index (χ1v) is 10.9. The first kappa shape index (κ1) is 18.5. The van der Waals surface area contributed by atoms with E-state index in [9.17, 15) is 12.8 Å². The highest BCUT2D eigenvalue weighted by Crippen LogP contribution is 2.29. The van der Waals surface area contributed by atoms with Crippen LogP contribution in [0.15, 0.2) is 66.3 Å².